The van der Waals surface area contributed by atoms with Crippen LogP contribution in [0.2, 0.25) is 0 Å². The molecule has 0 unspecified atom stereocenters. The van der Waals surface area contributed by atoms with E-state index in [0.29, 0.717) is 18.3 Å². The first-order valence-electron chi connectivity index (χ1n) is 8.36. The lowest BCUT2D eigenvalue weighted by atomic mass is 10.2. The number of rotatable bonds is 5. The van der Waals surface area contributed by atoms with Crippen molar-refractivity contribution in [3.8, 4) is 5.75 Å². The van der Waals surface area contributed by atoms with Gasteiger partial charge in [0.25, 0.3) is 0 Å². The molecule has 3 N–H and O–H groups in total. The Morgan fingerprint density at radius 1 is 1.23 bits per heavy atom. The van der Waals surface area contributed by atoms with Gasteiger partial charge in [-0.25, -0.2) is 9.78 Å². The van der Waals surface area contributed by atoms with Crippen LogP contribution >= 0.6 is 11.3 Å². The number of hydrogen-bond donors (Lipinski definition) is 3. The number of urea groups is 1. The molecule has 0 saturated carbocycles. The van der Waals surface area contributed by atoms with Crippen molar-refractivity contribution in [3.63, 3.8) is 0 Å². The molecular formula is C19H18N4O2S. The molecule has 0 saturated heterocycles. The number of amides is 2. The molecule has 26 heavy (non-hydrogen) atoms. The fraction of sp³-hybridized carbons (Fsp3) is 0.158. The third kappa shape index (κ3) is 3.48. The number of ether oxygens (including phenoxy) is 1. The normalized spacial score (nSPS) is 11.0. The molecule has 0 aliphatic carbocycles. The summed E-state index contributed by atoms with van der Waals surface area (Å²) in [6.07, 6.45) is 0. The average molecular weight is 366 g/mol. The highest BCUT2D eigenvalue weighted by Crippen LogP contribution is 2.29. The van der Waals surface area contributed by atoms with Crippen molar-refractivity contribution < 1.29 is 9.53 Å². The summed E-state index contributed by atoms with van der Waals surface area (Å²) in [6, 6.07) is 15.5. The van der Waals surface area contributed by atoms with Crippen molar-refractivity contribution in [2.45, 2.75) is 13.5 Å². The monoisotopic (exact) mass is 366 g/mol. The van der Waals surface area contributed by atoms with Gasteiger partial charge in [0, 0.05) is 11.2 Å². The van der Waals surface area contributed by atoms with E-state index in [1.54, 1.807) is 0 Å². The Hall–Kier alpha value is -3.06. The molecular weight excluding hydrogens is 348 g/mol. The van der Waals surface area contributed by atoms with Gasteiger partial charge in [-0.1, -0.05) is 29.5 Å². The van der Waals surface area contributed by atoms with Gasteiger partial charge in [-0.2, -0.15) is 0 Å². The lowest BCUT2D eigenvalue weighted by Gasteiger charge is -2.03. The summed E-state index contributed by atoms with van der Waals surface area (Å²) in [5, 5.41) is 7.32. The molecule has 0 aliphatic heterocycles. The van der Waals surface area contributed by atoms with Gasteiger partial charge in [-0.15, -0.1) is 0 Å². The maximum atomic E-state index is 12.2. The Labute approximate surface area is 154 Å². The molecule has 4 aromatic rings. The lowest BCUT2D eigenvalue weighted by Crippen LogP contribution is -2.28. The van der Waals surface area contributed by atoms with Crippen LogP contribution in [-0.4, -0.2) is 22.6 Å². The number of aromatic nitrogens is 2. The van der Waals surface area contributed by atoms with E-state index in [1.165, 1.54) is 11.3 Å². The molecule has 2 aromatic carbocycles. The van der Waals surface area contributed by atoms with Crippen molar-refractivity contribution in [2.75, 3.05) is 11.9 Å². The first kappa shape index (κ1) is 16.4. The molecule has 4 rings (SSSR count). The minimum atomic E-state index is -0.284. The van der Waals surface area contributed by atoms with Crippen molar-refractivity contribution in [2.24, 2.45) is 0 Å². The zero-order valence-electron chi connectivity index (χ0n) is 14.2. The molecule has 7 heteroatoms. The standard InChI is InChI=1S/C19H18N4O2S/c1-2-25-14-7-8-16-17(10-14)26-19(22-16)23-18(24)20-11-13-9-12-5-3-4-6-15(12)21-13/h3-10,21H,2,11H2,1H3,(H2,20,22,23,24). The molecule has 0 aliphatic rings. The largest absolute Gasteiger partial charge is 0.494 e. The number of nitrogens with zero attached hydrogens (tertiary/aromatic N) is 1. The number of aromatic amines is 1. The van der Waals surface area contributed by atoms with Gasteiger partial charge >= 0.3 is 6.03 Å². The van der Waals surface area contributed by atoms with E-state index in [1.807, 2.05) is 55.5 Å². The number of carbonyl (C=O) groups excluding carboxylic acids is 1. The number of fused-ring (bicyclic) bond motifs is 2. The topological polar surface area (TPSA) is 79.0 Å². The highest BCUT2D eigenvalue weighted by Gasteiger charge is 2.09. The van der Waals surface area contributed by atoms with Crippen LogP contribution in [0.5, 0.6) is 5.75 Å². The van der Waals surface area contributed by atoms with Gasteiger partial charge in [0.05, 0.1) is 23.4 Å². The molecule has 0 atom stereocenters. The summed E-state index contributed by atoms with van der Waals surface area (Å²) in [5.41, 5.74) is 2.84. The first-order chi connectivity index (χ1) is 12.7. The number of nitrogens with one attached hydrogen (secondary N) is 3. The predicted molar refractivity (Wildman–Crippen MR) is 105 cm³/mol. The van der Waals surface area contributed by atoms with E-state index in [9.17, 15) is 4.79 Å². The summed E-state index contributed by atoms with van der Waals surface area (Å²) >= 11 is 1.42. The number of carbonyl (C=O) groups is 1. The fourth-order valence-electron chi connectivity index (χ4n) is 2.76. The number of thiazole rings is 1. The second-order valence-electron chi connectivity index (χ2n) is 5.77. The quantitative estimate of drug-likeness (QED) is 0.487. The van der Waals surface area contributed by atoms with Crippen molar-refractivity contribution in [1.82, 2.24) is 15.3 Å². The number of H-pyrrole nitrogens is 1. The van der Waals surface area contributed by atoms with E-state index in [2.05, 4.69) is 20.6 Å². The van der Waals surface area contributed by atoms with Crippen LogP contribution in [0.4, 0.5) is 9.93 Å². The van der Waals surface area contributed by atoms with Crippen LogP contribution in [0.15, 0.2) is 48.5 Å². The molecule has 0 spiro atoms. The summed E-state index contributed by atoms with van der Waals surface area (Å²) in [5.74, 6) is 0.804. The molecule has 6 nitrogen and oxygen atoms in total. The number of benzene rings is 2. The predicted octanol–water partition coefficient (Wildman–Crippen LogP) is 4.50. The van der Waals surface area contributed by atoms with E-state index < -0.39 is 0 Å². The number of para-hydroxylation sites is 1. The highest BCUT2D eigenvalue weighted by molar-refractivity contribution is 7.22. The molecule has 2 aromatic heterocycles. The van der Waals surface area contributed by atoms with Crippen LogP contribution in [0.3, 0.4) is 0 Å². The maximum Gasteiger partial charge on any atom is 0.321 e. The third-order valence-corrected chi connectivity index (χ3v) is 4.85. The fourth-order valence-corrected chi connectivity index (χ4v) is 3.65. The van der Waals surface area contributed by atoms with E-state index in [0.717, 1.165) is 32.6 Å². The van der Waals surface area contributed by atoms with Crippen molar-refractivity contribution in [1.29, 1.82) is 0 Å². The Morgan fingerprint density at radius 2 is 2.12 bits per heavy atom. The minimum Gasteiger partial charge on any atom is -0.494 e. The first-order valence-corrected chi connectivity index (χ1v) is 9.18. The average Bonchev–Trinajstić information content (AvgIpc) is 3.22. The van der Waals surface area contributed by atoms with Gasteiger partial charge < -0.3 is 15.0 Å². The Morgan fingerprint density at radius 3 is 2.96 bits per heavy atom. The van der Waals surface area contributed by atoms with Crippen molar-refractivity contribution in [3.05, 3.63) is 54.2 Å². The summed E-state index contributed by atoms with van der Waals surface area (Å²) < 4.78 is 6.47. The Bertz CT molecular complexity index is 1040. The number of hydrogen-bond acceptors (Lipinski definition) is 4. The minimum absolute atomic E-state index is 0.284. The highest BCUT2D eigenvalue weighted by atomic mass is 32.1. The molecule has 132 valence electrons. The Balaban J connectivity index is 1.40. The van der Waals surface area contributed by atoms with Crippen LogP contribution < -0.4 is 15.4 Å². The van der Waals surface area contributed by atoms with Crippen LogP contribution in [0.25, 0.3) is 21.1 Å². The molecule has 0 bridgehead atoms. The summed E-state index contributed by atoms with van der Waals surface area (Å²) in [7, 11) is 0. The van der Waals surface area contributed by atoms with Crippen molar-refractivity contribution >= 4 is 43.6 Å². The zero-order chi connectivity index (χ0) is 17.9. The molecule has 2 amide bonds. The third-order valence-electron chi connectivity index (χ3n) is 3.92. The van der Waals surface area contributed by atoms with Crippen LogP contribution in [-0.2, 0) is 6.54 Å². The van der Waals surface area contributed by atoms with Gasteiger partial charge in [-0.3, -0.25) is 5.32 Å². The van der Waals surface area contributed by atoms with E-state index >= 15 is 0 Å². The van der Waals surface area contributed by atoms with E-state index in [4.69, 9.17) is 4.74 Å². The van der Waals surface area contributed by atoms with E-state index in [-0.39, 0.29) is 6.03 Å². The number of anilines is 1. The zero-order valence-corrected chi connectivity index (χ0v) is 15.0. The van der Waals surface area contributed by atoms with Crippen LogP contribution in [0, 0.1) is 0 Å². The lowest BCUT2D eigenvalue weighted by molar-refractivity contribution is 0.251. The SMILES string of the molecule is CCOc1ccc2nc(NC(=O)NCc3cc4ccccc4[nH]3)sc2c1. The summed E-state index contributed by atoms with van der Waals surface area (Å²) in [6.45, 7) is 2.98. The summed E-state index contributed by atoms with van der Waals surface area (Å²) in [4.78, 5) is 19.9. The van der Waals surface area contributed by atoms with Gasteiger partial charge in [-0.05, 0) is 42.6 Å². The molecule has 0 radical (unpaired) electrons. The second kappa shape index (κ2) is 7.05. The van der Waals surface area contributed by atoms with Gasteiger partial charge in [0.15, 0.2) is 5.13 Å². The Kier molecular flexibility index (Phi) is 4.45. The molecule has 0 fully saturated rings. The van der Waals surface area contributed by atoms with Gasteiger partial charge in [0.1, 0.15) is 5.75 Å². The van der Waals surface area contributed by atoms with Crippen LogP contribution in [0.1, 0.15) is 12.6 Å². The van der Waals surface area contributed by atoms with Gasteiger partial charge in [0.2, 0.25) is 0 Å². The molecule has 2 heterocycles. The maximum absolute atomic E-state index is 12.2. The second-order valence-corrected chi connectivity index (χ2v) is 6.80. The smallest absolute Gasteiger partial charge is 0.321 e.